The van der Waals surface area contributed by atoms with E-state index in [1.165, 1.54) is 25.7 Å². The van der Waals surface area contributed by atoms with E-state index in [-0.39, 0.29) is 4.75 Å². The van der Waals surface area contributed by atoms with Gasteiger partial charge in [0.2, 0.25) is 0 Å². The molecule has 0 heterocycles. The molecule has 1 fully saturated rings. The molecule has 2 nitrogen and oxygen atoms in total. The van der Waals surface area contributed by atoms with Crippen LogP contribution in [0.4, 0.5) is 0 Å². The van der Waals surface area contributed by atoms with Crippen LogP contribution in [0.15, 0.2) is 0 Å². The van der Waals surface area contributed by atoms with Gasteiger partial charge >= 0.3 is 0 Å². The van der Waals surface area contributed by atoms with Crippen molar-refractivity contribution < 1.29 is 4.55 Å². The molecule has 14 heavy (non-hydrogen) atoms. The van der Waals surface area contributed by atoms with Crippen LogP contribution in [0.25, 0.3) is 0 Å². The van der Waals surface area contributed by atoms with Gasteiger partial charge < -0.3 is 4.55 Å². The third kappa shape index (κ3) is 3.79. The highest BCUT2D eigenvalue weighted by Gasteiger charge is 2.30. The minimum absolute atomic E-state index is 0.136. The summed E-state index contributed by atoms with van der Waals surface area (Å²) in [5.74, 6) is 0.858. The maximum Gasteiger partial charge on any atom is 0.136 e. The maximum atomic E-state index is 11.8. The van der Waals surface area contributed by atoms with Crippen molar-refractivity contribution in [2.75, 3.05) is 0 Å². The molecule has 1 N–H and O–H groups in total. The highest BCUT2D eigenvalue weighted by molar-refractivity contribution is 7.90. The zero-order valence-corrected chi connectivity index (χ0v) is 10.6. The zero-order chi connectivity index (χ0) is 10.8. The lowest BCUT2D eigenvalue weighted by molar-refractivity contribution is 0.330. The van der Waals surface area contributed by atoms with Crippen molar-refractivity contribution >= 4 is 11.4 Å². The Morgan fingerprint density at radius 1 is 1.14 bits per heavy atom. The number of nitrogens with one attached hydrogen (secondary N) is 1. The summed E-state index contributed by atoms with van der Waals surface area (Å²) in [7, 11) is 0. The van der Waals surface area contributed by atoms with Crippen molar-refractivity contribution in [1.29, 1.82) is 0 Å². The molecule has 3 heteroatoms. The SMILES string of the molecule is CC1CCC(N[S+]([O-])C(C)(C)C)CC1. The van der Waals surface area contributed by atoms with Crippen LogP contribution in [0.5, 0.6) is 0 Å². The van der Waals surface area contributed by atoms with Gasteiger partial charge in [-0.15, -0.1) is 4.72 Å². The molecule has 0 saturated heterocycles. The molecular formula is C11H23NOS. The minimum atomic E-state index is -0.896. The first-order valence-corrected chi connectivity index (χ1v) is 6.72. The van der Waals surface area contributed by atoms with Crippen LogP contribution >= 0.6 is 0 Å². The molecule has 0 aromatic rings. The van der Waals surface area contributed by atoms with Gasteiger partial charge in [0, 0.05) is 11.4 Å². The predicted molar refractivity (Wildman–Crippen MR) is 62.5 cm³/mol. The Kier molecular flexibility index (Phi) is 4.29. The molecule has 84 valence electrons. The van der Waals surface area contributed by atoms with Gasteiger partial charge in [0.25, 0.3) is 0 Å². The molecule has 0 bridgehead atoms. The van der Waals surface area contributed by atoms with Gasteiger partial charge in [0.1, 0.15) is 4.75 Å². The summed E-state index contributed by atoms with van der Waals surface area (Å²) < 4.78 is 14.9. The fraction of sp³-hybridized carbons (Fsp3) is 1.00. The van der Waals surface area contributed by atoms with E-state index < -0.39 is 11.4 Å². The second-order valence-electron chi connectivity index (χ2n) is 5.46. The van der Waals surface area contributed by atoms with E-state index >= 15 is 0 Å². The summed E-state index contributed by atoms with van der Waals surface area (Å²) in [6, 6.07) is 0.478. The summed E-state index contributed by atoms with van der Waals surface area (Å²) in [6.07, 6.45) is 4.92. The quantitative estimate of drug-likeness (QED) is 0.722. The highest BCUT2D eigenvalue weighted by atomic mass is 32.2. The third-order valence-electron chi connectivity index (χ3n) is 2.85. The fourth-order valence-corrected chi connectivity index (χ4v) is 2.60. The van der Waals surface area contributed by atoms with Crippen LogP contribution in [-0.2, 0) is 11.4 Å². The molecular weight excluding hydrogens is 194 g/mol. The lowest BCUT2D eigenvalue weighted by atomic mass is 9.88. The second-order valence-corrected chi connectivity index (χ2v) is 7.45. The Balaban J connectivity index is 2.31. The number of rotatable bonds is 2. The van der Waals surface area contributed by atoms with E-state index in [9.17, 15) is 4.55 Å². The molecule has 0 amide bonds. The summed E-state index contributed by atoms with van der Waals surface area (Å²) in [5, 5.41) is 0. The molecule has 1 rings (SSSR count). The van der Waals surface area contributed by atoms with Crippen molar-refractivity contribution in [1.82, 2.24) is 4.72 Å². The smallest absolute Gasteiger partial charge is 0.136 e. The molecule has 1 saturated carbocycles. The fourth-order valence-electron chi connectivity index (χ4n) is 1.71. The largest absolute Gasteiger partial charge is 0.598 e. The molecule has 1 aliphatic rings. The Morgan fingerprint density at radius 3 is 2.07 bits per heavy atom. The van der Waals surface area contributed by atoms with Gasteiger partial charge in [-0.2, -0.15) is 0 Å². The number of hydrogen-bond acceptors (Lipinski definition) is 2. The maximum absolute atomic E-state index is 11.8. The molecule has 0 spiro atoms. The van der Waals surface area contributed by atoms with Crippen molar-refractivity contribution in [3.05, 3.63) is 0 Å². The lowest BCUT2D eigenvalue weighted by Gasteiger charge is -2.31. The average Bonchev–Trinajstić information content (AvgIpc) is 2.07. The summed E-state index contributed by atoms with van der Waals surface area (Å²) >= 11 is -0.896. The Morgan fingerprint density at radius 2 is 1.64 bits per heavy atom. The Hall–Kier alpha value is 0.270. The van der Waals surface area contributed by atoms with Crippen molar-refractivity contribution in [3.8, 4) is 0 Å². The first-order valence-electron chi connectivity index (χ1n) is 5.57. The van der Waals surface area contributed by atoms with E-state index in [0.29, 0.717) is 6.04 Å². The Bertz CT molecular complexity index is 171. The standard InChI is InChI=1S/C11H23NOS/c1-9-5-7-10(8-6-9)12-14(13)11(2,3)4/h9-10,12H,5-8H2,1-4H3. The van der Waals surface area contributed by atoms with E-state index in [1.54, 1.807) is 0 Å². The van der Waals surface area contributed by atoms with E-state index in [1.807, 2.05) is 20.8 Å². The molecule has 0 aromatic carbocycles. The molecule has 1 unspecified atom stereocenters. The summed E-state index contributed by atoms with van der Waals surface area (Å²) in [5.41, 5.74) is 0. The van der Waals surface area contributed by atoms with Crippen molar-refractivity contribution in [2.24, 2.45) is 5.92 Å². The van der Waals surface area contributed by atoms with Crippen LogP contribution < -0.4 is 4.72 Å². The van der Waals surface area contributed by atoms with Gasteiger partial charge in [-0.3, -0.25) is 0 Å². The third-order valence-corrected chi connectivity index (χ3v) is 4.51. The topological polar surface area (TPSA) is 35.1 Å². The molecule has 0 radical (unpaired) electrons. The average molecular weight is 217 g/mol. The Labute approximate surface area is 91.2 Å². The van der Waals surface area contributed by atoms with E-state index in [4.69, 9.17) is 0 Å². The first-order chi connectivity index (χ1) is 6.39. The number of hydrogen-bond donors (Lipinski definition) is 1. The molecule has 0 aliphatic heterocycles. The van der Waals surface area contributed by atoms with Gasteiger partial charge in [-0.05, 0) is 52.4 Å². The first kappa shape index (κ1) is 12.3. The van der Waals surface area contributed by atoms with Crippen LogP contribution in [-0.4, -0.2) is 15.3 Å². The van der Waals surface area contributed by atoms with Crippen LogP contribution in [0, 0.1) is 5.92 Å². The van der Waals surface area contributed by atoms with E-state index in [0.717, 1.165) is 5.92 Å². The highest BCUT2D eigenvalue weighted by Crippen LogP contribution is 2.25. The van der Waals surface area contributed by atoms with Gasteiger partial charge in [0.05, 0.1) is 6.04 Å². The van der Waals surface area contributed by atoms with Gasteiger partial charge in [-0.1, -0.05) is 6.92 Å². The van der Waals surface area contributed by atoms with Crippen molar-refractivity contribution in [3.63, 3.8) is 0 Å². The second kappa shape index (κ2) is 4.86. The van der Waals surface area contributed by atoms with Crippen LogP contribution in [0.2, 0.25) is 0 Å². The van der Waals surface area contributed by atoms with E-state index in [2.05, 4.69) is 11.6 Å². The minimum Gasteiger partial charge on any atom is -0.598 e. The van der Waals surface area contributed by atoms with Crippen LogP contribution in [0.3, 0.4) is 0 Å². The molecule has 0 aromatic heterocycles. The summed E-state index contributed by atoms with van der Waals surface area (Å²) in [4.78, 5) is 0. The summed E-state index contributed by atoms with van der Waals surface area (Å²) in [6.45, 7) is 8.35. The molecule has 1 atom stereocenters. The van der Waals surface area contributed by atoms with Gasteiger partial charge in [-0.25, -0.2) is 0 Å². The lowest BCUT2D eigenvalue weighted by Crippen LogP contribution is -2.45. The zero-order valence-electron chi connectivity index (χ0n) is 9.80. The van der Waals surface area contributed by atoms with Crippen LogP contribution in [0.1, 0.15) is 53.4 Å². The normalized spacial score (nSPS) is 31.5. The van der Waals surface area contributed by atoms with Gasteiger partial charge in [0.15, 0.2) is 0 Å². The predicted octanol–water partition coefficient (Wildman–Crippen LogP) is 2.62. The van der Waals surface area contributed by atoms with Crippen molar-refractivity contribution in [2.45, 2.75) is 64.2 Å². The monoisotopic (exact) mass is 217 g/mol. The molecule has 1 aliphatic carbocycles.